The van der Waals surface area contributed by atoms with Crippen LogP contribution in [0.15, 0.2) is 17.5 Å². The lowest BCUT2D eigenvalue weighted by molar-refractivity contribution is -0.124. The number of rotatable bonds is 6. The molecule has 1 aromatic rings. The molecule has 1 aromatic heterocycles. The molecule has 1 heterocycles. The molecule has 3 heteroatoms. The molecule has 1 saturated carbocycles. The summed E-state index contributed by atoms with van der Waals surface area (Å²) in [4.78, 5) is 15.7. The van der Waals surface area contributed by atoms with Gasteiger partial charge in [0, 0.05) is 17.3 Å². The first kappa shape index (κ1) is 13.8. The standard InChI is InChI=1S/C15H23NOS/c1-16(10-9-14-8-5-11-18-14)12-15(17)13-6-3-2-4-7-13/h5,8,11,13H,2-4,6-7,9-10,12H2,1H3. The Morgan fingerprint density at radius 2 is 2.17 bits per heavy atom. The molecular weight excluding hydrogens is 242 g/mol. The Kier molecular flexibility index (Phi) is 5.39. The van der Waals surface area contributed by atoms with E-state index in [0.717, 1.165) is 25.8 Å². The van der Waals surface area contributed by atoms with Gasteiger partial charge in [-0.25, -0.2) is 0 Å². The van der Waals surface area contributed by atoms with E-state index in [1.165, 1.54) is 24.1 Å². The predicted octanol–water partition coefficient (Wildman–Crippen LogP) is 3.37. The molecule has 0 aromatic carbocycles. The van der Waals surface area contributed by atoms with Crippen LogP contribution in [0.3, 0.4) is 0 Å². The molecule has 2 rings (SSSR count). The van der Waals surface area contributed by atoms with Crippen molar-refractivity contribution in [3.8, 4) is 0 Å². The van der Waals surface area contributed by atoms with Gasteiger partial charge in [0.25, 0.3) is 0 Å². The summed E-state index contributed by atoms with van der Waals surface area (Å²) in [6.07, 6.45) is 7.12. The number of hydrogen-bond acceptors (Lipinski definition) is 3. The van der Waals surface area contributed by atoms with E-state index < -0.39 is 0 Å². The molecule has 0 amide bonds. The smallest absolute Gasteiger partial charge is 0.149 e. The van der Waals surface area contributed by atoms with Gasteiger partial charge in [-0.1, -0.05) is 25.3 Å². The third-order valence-corrected chi connectivity index (χ3v) is 4.74. The molecule has 0 atom stereocenters. The zero-order valence-electron chi connectivity index (χ0n) is 11.2. The lowest BCUT2D eigenvalue weighted by Crippen LogP contribution is -2.32. The van der Waals surface area contributed by atoms with Crippen molar-refractivity contribution in [2.24, 2.45) is 5.92 Å². The van der Waals surface area contributed by atoms with Crippen molar-refractivity contribution >= 4 is 17.1 Å². The Morgan fingerprint density at radius 1 is 1.39 bits per heavy atom. The number of likely N-dealkylation sites (N-methyl/N-ethyl adjacent to an activating group) is 1. The molecular formula is C15H23NOS. The first-order chi connectivity index (χ1) is 8.75. The minimum Gasteiger partial charge on any atom is -0.299 e. The van der Waals surface area contributed by atoms with E-state index in [1.807, 2.05) is 0 Å². The van der Waals surface area contributed by atoms with Crippen LogP contribution in [0, 0.1) is 5.92 Å². The molecule has 0 aliphatic heterocycles. The second-order valence-corrected chi connectivity index (χ2v) is 6.40. The molecule has 18 heavy (non-hydrogen) atoms. The lowest BCUT2D eigenvalue weighted by Gasteiger charge is -2.23. The summed E-state index contributed by atoms with van der Waals surface area (Å²) in [6.45, 7) is 1.62. The van der Waals surface area contributed by atoms with Gasteiger partial charge in [0.15, 0.2) is 0 Å². The van der Waals surface area contributed by atoms with Crippen LogP contribution in [0.4, 0.5) is 0 Å². The van der Waals surface area contributed by atoms with Crippen LogP contribution in [0.2, 0.25) is 0 Å². The van der Waals surface area contributed by atoms with E-state index in [2.05, 4.69) is 29.5 Å². The van der Waals surface area contributed by atoms with Crippen molar-refractivity contribution in [2.75, 3.05) is 20.1 Å². The molecule has 1 fully saturated rings. The second kappa shape index (κ2) is 7.05. The van der Waals surface area contributed by atoms with E-state index in [1.54, 1.807) is 11.3 Å². The SMILES string of the molecule is CN(CCc1cccs1)CC(=O)C1CCCCC1. The molecule has 0 spiro atoms. The average Bonchev–Trinajstić information content (AvgIpc) is 2.90. The van der Waals surface area contributed by atoms with Gasteiger partial charge in [0.1, 0.15) is 5.78 Å². The van der Waals surface area contributed by atoms with E-state index in [0.29, 0.717) is 18.2 Å². The van der Waals surface area contributed by atoms with Crippen molar-refractivity contribution < 1.29 is 4.79 Å². The highest BCUT2D eigenvalue weighted by Gasteiger charge is 2.21. The number of carbonyl (C=O) groups excluding carboxylic acids is 1. The third-order valence-electron chi connectivity index (χ3n) is 3.81. The van der Waals surface area contributed by atoms with Crippen LogP contribution < -0.4 is 0 Å². The maximum Gasteiger partial charge on any atom is 0.149 e. The summed E-state index contributed by atoms with van der Waals surface area (Å²) < 4.78 is 0. The van der Waals surface area contributed by atoms with Crippen LogP contribution >= 0.6 is 11.3 Å². The molecule has 0 radical (unpaired) electrons. The van der Waals surface area contributed by atoms with Crippen molar-refractivity contribution in [3.63, 3.8) is 0 Å². The van der Waals surface area contributed by atoms with Crippen LogP contribution in [-0.2, 0) is 11.2 Å². The quantitative estimate of drug-likeness (QED) is 0.786. The zero-order chi connectivity index (χ0) is 12.8. The monoisotopic (exact) mass is 265 g/mol. The van der Waals surface area contributed by atoms with E-state index in [-0.39, 0.29) is 0 Å². The van der Waals surface area contributed by atoms with E-state index in [4.69, 9.17) is 0 Å². The van der Waals surface area contributed by atoms with Crippen molar-refractivity contribution in [2.45, 2.75) is 38.5 Å². The molecule has 2 nitrogen and oxygen atoms in total. The summed E-state index contributed by atoms with van der Waals surface area (Å²) in [5.41, 5.74) is 0. The Labute approximate surface area is 114 Å². The van der Waals surface area contributed by atoms with Crippen LogP contribution in [-0.4, -0.2) is 30.8 Å². The number of hydrogen-bond donors (Lipinski definition) is 0. The highest BCUT2D eigenvalue weighted by Crippen LogP contribution is 2.24. The first-order valence-corrected chi connectivity index (χ1v) is 7.87. The number of Topliss-reactive ketones (excluding diaryl/α,β-unsaturated/α-hetero) is 1. The van der Waals surface area contributed by atoms with Crippen LogP contribution in [0.5, 0.6) is 0 Å². The van der Waals surface area contributed by atoms with Gasteiger partial charge in [-0.05, 0) is 37.8 Å². The molecule has 1 aliphatic rings. The zero-order valence-corrected chi connectivity index (χ0v) is 12.0. The first-order valence-electron chi connectivity index (χ1n) is 6.99. The van der Waals surface area contributed by atoms with Crippen molar-refractivity contribution in [1.82, 2.24) is 4.90 Å². The molecule has 0 unspecified atom stereocenters. The Balaban J connectivity index is 1.69. The maximum absolute atomic E-state index is 12.1. The summed E-state index contributed by atoms with van der Waals surface area (Å²) in [5, 5.41) is 2.11. The van der Waals surface area contributed by atoms with Gasteiger partial charge in [-0.2, -0.15) is 0 Å². The maximum atomic E-state index is 12.1. The second-order valence-electron chi connectivity index (χ2n) is 5.37. The lowest BCUT2D eigenvalue weighted by atomic mass is 9.86. The predicted molar refractivity (Wildman–Crippen MR) is 77.1 cm³/mol. The van der Waals surface area contributed by atoms with Crippen LogP contribution in [0.25, 0.3) is 0 Å². The molecule has 0 N–H and O–H groups in total. The topological polar surface area (TPSA) is 20.3 Å². The number of carbonyl (C=O) groups is 1. The van der Waals surface area contributed by atoms with Crippen molar-refractivity contribution in [1.29, 1.82) is 0 Å². The number of nitrogens with zero attached hydrogens (tertiary/aromatic N) is 1. The van der Waals surface area contributed by atoms with Gasteiger partial charge < -0.3 is 0 Å². The molecule has 0 saturated heterocycles. The fourth-order valence-electron chi connectivity index (χ4n) is 2.65. The molecule has 1 aliphatic carbocycles. The van der Waals surface area contributed by atoms with Gasteiger partial charge >= 0.3 is 0 Å². The van der Waals surface area contributed by atoms with Gasteiger partial charge in [-0.15, -0.1) is 11.3 Å². The minimum absolute atomic E-state index is 0.350. The third kappa shape index (κ3) is 4.21. The van der Waals surface area contributed by atoms with Gasteiger partial charge in [0.05, 0.1) is 6.54 Å². The minimum atomic E-state index is 0.350. The summed E-state index contributed by atoms with van der Waals surface area (Å²) in [7, 11) is 2.06. The van der Waals surface area contributed by atoms with Crippen molar-refractivity contribution in [3.05, 3.63) is 22.4 Å². The normalized spacial score (nSPS) is 17.2. The summed E-state index contributed by atoms with van der Waals surface area (Å²) in [6, 6.07) is 4.26. The highest BCUT2D eigenvalue weighted by atomic mass is 32.1. The molecule has 0 bridgehead atoms. The van der Waals surface area contributed by atoms with Crippen LogP contribution in [0.1, 0.15) is 37.0 Å². The van der Waals surface area contributed by atoms with E-state index in [9.17, 15) is 4.79 Å². The highest BCUT2D eigenvalue weighted by molar-refractivity contribution is 7.09. The Bertz CT molecular complexity index is 355. The molecule has 100 valence electrons. The average molecular weight is 265 g/mol. The Hall–Kier alpha value is -0.670. The number of ketones is 1. The fourth-order valence-corrected chi connectivity index (χ4v) is 3.35. The largest absolute Gasteiger partial charge is 0.299 e. The Morgan fingerprint density at radius 3 is 2.83 bits per heavy atom. The fraction of sp³-hybridized carbons (Fsp3) is 0.667. The summed E-state index contributed by atoms with van der Waals surface area (Å²) >= 11 is 1.80. The van der Waals surface area contributed by atoms with Gasteiger partial charge in [-0.3, -0.25) is 9.69 Å². The van der Waals surface area contributed by atoms with E-state index >= 15 is 0 Å². The number of thiophene rings is 1. The summed E-state index contributed by atoms with van der Waals surface area (Å²) in [5.74, 6) is 0.811. The van der Waals surface area contributed by atoms with Gasteiger partial charge in [0.2, 0.25) is 0 Å².